The molecular formula is C32H29Cl4N2O6PS. The summed E-state index contributed by atoms with van der Waals surface area (Å²) in [7, 11) is 2.74. The molecule has 4 rings (SSSR count). The van der Waals surface area contributed by atoms with Crippen molar-refractivity contribution in [2.45, 2.75) is 25.9 Å². The number of esters is 1. The lowest BCUT2D eigenvalue weighted by atomic mass is 9.88. The molecular weight excluding hydrogens is 713 g/mol. The molecule has 0 spiro atoms. The van der Waals surface area contributed by atoms with E-state index in [1.165, 1.54) is 20.3 Å². The van der Waals surface area contributed by atoms with Gasteiger partial charge in [0.1, 0.15) is 22.6 Å². The molecule has 4 aromatic rings. The molecule has 0 aliphatic heterocycles. The van der Waals surface area contributed by atoms with Gasteiger partial charge in [-0.25, -0.2) is 0 Å². The quantitative estimate of drug-likeness (QED) is 0.0844. The van der Waals surface area contributed by atoms with Crippen molar-refractivity contribution in [1.82, 2.24) is 4.98 Å². The first-order valence-electron chi connectivity index (χ1n) is 13.5. The van der Waals surface area contributed by atoms with Crippen LogP contribution in [-0.4, -0.2) is 25.2 Å². The highest BCUT2D eigenvalue weighted by atomic mass is 35.5. The Balaban J connectivity index is 0.000000304. The van der Waals surface area contributed by atoms with E-state index in [0.29, 0.717) is 22.1 Å². The fraction of sp³-hybridized carbons (Fsp3) is 0.219. The number of para-hydroxylation sites is 1. The first-order chi connectivity index (χ1) is 21.9. The van der Waals surface area contributed by atoms with Crippen LogP contribution in [-0.2, 0) is 30.4 Å². The molecule has 1 aromatic heterocycles. The van der Waals surface area contributed by atoms with Crippen molar-refractivity contribution < 1.29 is 27.8 Å². The lowest BCUT2D eigenvalue weighted by Gasteiger charge is -2.22. The molecule has 0 aliphatic rings. The van der Waals surface area contributed by atoms with Crippen molar-refractivity contribution in [3.63, 3.8) is 0 Å². The molecule has 0 N–H and O–H groups in total. The number of ether oxygens (including phenoxy) is 2. The maximum absolute atomic E-state index is 13.0. The minimum Gasteiger partial charge on any atom is -0.457 e. The topological polar surface area (TPSA) is 99.9 Å². The number of nitriles is 1. The van der Waals surface area contributed by atoms with E-state index in [4.69, 9.17) is 81.3 Å². The Kier molecular flexibility index (Phi) is 14.6. The third-order valence-corrected chi connectivity index (χ3v) is 9.75. The number of carbonyl (C=O) groups is 1. The van der Waals surface area contributed by atoms with E-state index in [0.717, 1.165) is 5.56 Å². The number of benzene rings is 3. The summed E-state index contributed by atoms with van der Waals surface area (Å²) >= 11 is 28.2. The van der Waals surface area contributed by atoms with E-state index in [1.807, 2.05) is 56.3 Å². The second-order valence-electron chi connectivity index (χ2n) is 9.66. The molecule has 3 aromatic carbocycles. The Labute approximate surface area is 293 Å². The fourth-order valence-corrected chi connectivity index (χ4v) is 5.50. The second-order valence-corrected chi connectivity index (χ2v) is 14.4. The van der Waals surface area contributed by atoms with Crippen LogP contribution >= 0.6 is 53.1 Å². The highest BCUT2D eigenvalue weighted by molar-refractivity contribution is 8.07. The lowest BCUT2D eigenvalue weighted by Crippen LogP contribution is -2.22. The van der Waals surface area contributed by atoms with Crippen molar-refractivity contribution in [2.24, 2.45) is 5.92 Å². The summed E-state index contributed by atoms with van der Waals surface area (Å²) in [4.78, 5) is 16.8. The maximum Gasteiger partial charge on any atom is 0.381 e. The van der Waals surface area contributed by atoms with E-state index < -0.39 is 24.7 Å². The van der Waals surface area contributed by atoms with E-state index in [2.05, 4.69) is 11.1 Å². The second kappa shape index (κ2) is 17.9. The van der Waals surface area contributed by atoms with Crippen LogP contribution in [0.2, 0.25) is 20.2 Å². The van der Waals surface area contributed by atoms with Gasteiger partial charge in [-0.15, -0.1) is 0 Å². The van der Waals surface area contributed by atoms with Crippen molar-refractivity contribution in [3.05, 3.63) is 116 Å². The summed E-state index contributed by atoms with van der Waals surface area (Å²) in [6, 6.07) is 26.9. The molecule has 0 radical (unpaired) electrons. The Morgan fingerprint density at radius 1 is 0.848 bits per heavy atom. The normalized spacial score (nSPS) is 12.3. The van der Waals surface area contributed by atoms with Gasteiger partial charge in [-0.2, -0.15) is 10.2 Å². The molecule has 242 valence electrons. The first kappa shape index (κ1) is 37.6. The SMILES string of the molecule is CC(C)C(C(=O)OC(C#N)c1cccc(Oc2ccccc2)c1)c1ccc(Cl)cc1.COP(=S)(OC)Oc1nc(Cl)c(Cl)cc1Cl. The Morgan fingerprint density at radius 3 is 2.07 bits per heavy atom. The molecule has 0 amide bonds. The van der Waals surface area contributed by atoms with Crippen molar-refractivity contribution in [3.8, 4) is 23.4 Å². The minimum absolute atomic E-state index is 0.00855. The molecule has 0 bridgehead atoms. The lowest BCUT2D eigenvalue weighted by molar-refractivity contribution is -0.150. The molecule has 8 nitrogen and oxygen atoms in total. The average Bonchev–Trinajstić information content (AvgIpc) is 3.04. The van der Waals surface area contributed by atoms with Gasteiger partial charge in [-0.1, -0.05) is 103 Å². The van der Waals surface area contributed by atoms with Gasteiger partial charge >= 0.3 is 12.7 Å². The fourth-order valence-electron chi connectivity index (χ4n) is 3.93. The van der Waals surface area contributed by atoms with Gasteiger partial charge in [0, 0.05) is 36.6 Å². The number of hydrogen-bond donors (Lipinski definition) is 0. The number of rotatable bonds is 11. The van der Waals surface area contributed by atoms with Crippen LogP contribution in [0.5, 0.6) is 17.4 Å². The van der Waals surface area contributed by atoms with Crippen molar-refractivity contribution in [1.29, 1.82) is 5.26 Å². The smallest absolute Gasteiger partial charge is 0.381 e. The summed E-state index contributed by atoms with van der Waals surface area (Å²) in [5.74, 6) is 0.319. The monoisotopic (exact) mass is 740 g/mol. The van der Waals surface area contributed by atoms with Crippen LogP contribution in [0.3, 0.4) is 0 Å². The summed E-state index contributed by atoms with van der Waals surface area (Å²) in [6.45, 7) is 1.00. The zero-order chi connectivity index (χ0) is 33.9. The van der Waals surface area contributed by atoms with Gasteiger partial charge in [-0.05, 0) is 53.9 Å². The number of aromatic nitrogens is 1. The highest BCUT2D eigenvalue weighted by Gasteiger charge is 2.29. The molecule has 2 unspecified atom stereocenters. The predicted molar refractivity (Wildman–Crippen MR) is 185 cm³/mol. The standard InChI is InChI=1S/C25H22ClNO3.C7H7Cl3NO3PS/c1-17(2)24(18-11-13-20(26)14-12-18)25(28)30-23(16-27)19-7-6-10-22(15-19)29-21-8-4-3-5-9-21;1-12-15(16,13-2)14-7-5(9)3-4(8)6(10)11-7/h3-15,17,23-24H,1-2H3;3H,1-2H3. The third kappa shape index (κ3) is 10.8. The number of halogens is 4. The predicted octanol–water partition coefficient (Wildman–Crippen LogP) is 10.6. The number of nitrogens with zero attached hydrogens (tertiary/aromatic N) is 2. The number of hydrogen-bond acceptors (Lipinski definition) is 9. The van der Waals surface area contributed by atoms with Crippen molar-refractivity contribution in [2.75, 3.05) is 14.2 Å². The zero-order valence-corrected chi connectivity index (χ0v) is 29.8. The van der Waals surface area contributed by atoms with Crippen LogP contribution in [0.1, 0.15) is 37.0 Å². The molecule has 0 aliphatic carbocycles. The number of pyridine rings is 1. The van der Waals surface area contributed by atoms with Crippen LogP contribution in [0, 0.1) is 17.2 Å². The van der Waals surface area contributed by atoms with Gasteiger partial charge in [0.25, 0.3) is 0 Å². The van der Waals surface area contributed by atoms with Crippen molar-refractivity contribution >= 4 is 70.9 Å². The molecule has 0 saturated carbocycles. The minimum atomic E-state index is -2.88. The van der Waals surface area contributed by atoms with Crippen LogP contribution in [0.25, 0.3) is 0 Å². The first-order valence-corrected chi connectivity index (χ1v) is 17.6. The summed E-state index contributed by atoms with van der Waals surface area (Å²) in [5.41, 5.74) is 1.36. The van der Waals surface area contributed by atoms with Gasteiger partial charge < -0.3 is 23.0 Å². The molecule has 14 heteroatoms. The average molecular weight is 742 g/mol. The Hall–Kier alpha value is -2.90. The Bertz CT molecular complexity index is 1700. The molecule has 0 fully saturated rings. The van der Waals surface area contributed by atoms with Crippen LogP contribution < -0.4 is 9.26 Å². The summed E-state index contributed by atoms with van der Waals surface area (Å²) in [5, 5.41) is 10.7. The number of carbonyl (C=O) groups excluding carboxylic acids is 1. The molecule has 2 atom stereocenters. The Morgan fingerprint density at radius 2 is 1.48 bits per heavy atom. The molecule has 46 heavy (non-hydrogen) atoms. The zero-order valence-electron chi connectivity index (χ0n) is 25.0. The maximum atomic E-state index is 13.0. The molecule has 1 heterocycles. The largest absolute Gasteiger partial charge is 0.457 e. The van der Waals surface area contributed by atoms with E-state index in [9.17, 15) is 10.1 Å². The van der Waals surface area contributed by atoms with Gasteiger partial charge in [0.05, 0.1) is 10.9 Å². The van der Waals surface area contributed by atoms with E-state index >= 15 is 0 Å². The van der Waals surface area contributed by atoms with Crippen LogP contribution in [0.4, 0.5) is 0 Å². The van der Waals surface area contributed by atoms with Gasteiger partial charge in [0.15, 0.2) is 5.15 Å². The summed E-state index contributed by atoms with van der Waals surface area (Å²) in [6.07, 6.45) is -1.04. The van der Waals surface area contributed by atoms with E-state index in [1.54, 1.807) is 36.4 Å². The molecule has 0 saturated heterocycles. The highest BCUT2D eigenvalue weighted by Crippen LogP contribution is 2.49. The van der Waals surface area contributed by atoms with Gasteiger partial charge in [0.2, 0.25) is 12.0 Å². The third-order valence-electron chi connectivity index (χ3n) is 6.14. The van der Waals surface area contributed by atoms with Crippen LogP contribution in [0.15, 0.2) is 84.9 Å². The van der Waals surface area contributed by atoms with E-state index in [-0.39, 0.29) is 27.0 Å². The van der Waals surface area contributed by atoms with Gasteiger partial charge in [-0.3, -0.25) is 4.79 Å². The summed E-state index contributed by atoms with van der Waals surface area (Å²) < 4.78 is 26.5.